The first-order valence-corrected chi connectivity index (χ1v) is 8.02. The smallest absolute Gasteiger partial charge is 0.185 e. The van der Waals surface area contributed by atoms with Gasteiger partial charge < -0.3 is 10.2 Å². The van der Waals surface area contributed by atoms with E-state index in [0.717, 1.165) is 11.8 Å². The van der Waals surface area contributed by atoms with Gasteiger partial charge in [-0.2, -0.15) is 0 Å². The minimum atomic E-state index is 0.360. The van der Waals surface area contributed by atoms with Gasteiger partial charge in [-0.25, -0.2) is 4.98 Å². The molecule has 2 fully saturated rings. The Labute approximate surface area is 114 Å². The number of anilines is 1. The molecule has 0 spiro atoms. The predicted molar refractivity (Wildman–Crippen MR) is 77.2 cm³/mol. The Bertz CT molecular complexity index is 391. The second-order valence-corrected chi connectivity index (χ2v) is 6.71. The highest BCUT2D eigenvalue weighted by Gasteiger charge is 2.31. The fourth-order valence-electron chi connectivity index (χ4n) is 3.36. The van der Waals surface area contributed by atoms with Crippen molar-refractivity contribution in [1.82, 2.24) is 10.3 Å². The second kappa shape index (κ2) is 5.17. The molecule has 1 N–H and O–H groups in total. The molecule has 3 atom stereocenters. The maximum atomic E-state index is 4.81. The molecule has 1 saturated heterocycles. The lowest BCUT2D eigenvalue weighted by Crippen LogP contribution is -2.42. The van der Waals surface area contributed by atoms with Crippen molar-refractivity contribution in [3.63, 3.8) is 0 Å². The van der Waals surface area contributed by atoms with E-state index >= 15 is 0 Å². The Balaban J connectivity index is 1.72. The Morgan fingerprint density at radius 3 is 2.78 bits per heavy atom. The molecular formula is C14H23N3S. The van der Waals surface area contributed by atoms with E-state index in [2.05, 4.69) is 22.5 Å². The van der Waals surface area contributed by atoms with Crippen LogP contribution in [0.25, 0.3) is 0 Å². The molecule has 3 nitrogen and oxygen atoms in total. The lowest BCUT2D eigenvalue weighted by Gasteiger charge is -2.41. The summed E-state index contributed by atoms with van der Waals surface area (Å²) in [6, 6.07) is 0.360. The number of piperidine rings is 1. The van der Waals surface area contributed by atoms with Crippen molar-refractivity contribution in [2.75, 3.05) is 25.0 Å². The number of nitrogens with zero attached hydrogens (tertiary/aromatic N) is 2. The van der Waals surface area contributed by atoms with Crippen molar-refractivity contribution in [1.29, 1.82) is 0 Å². The third kappa shape index (κ3) is 2.41. The van der Waals surface area contributed by atoms with Gasteiger partial charge in [0.15, 0.2) is 5.13 Å². The van der Waals surface area contributed by atoms with Gasteiger partial charge in [-0.05, 0) is 45.1 Å². The third-order valence-corrected chi connectivity index (χ3v) is 5.43. The van der Waals surface area contributed by atoms with Crippen molar-refractivity contribution < 1.29 is 0 Å². The SMILES string of the molecule is CNC(C)c1csc(N2CC3CCCC(C3)C2)n1. The summed E-state index contributed by atoms with van der Waals surface area (Å²) in [5.41, 5.74) is 1.19. The number of hydrogen-bond donors (Lipinski definition) is 1. The molecule has 3 unspecified atom stereocenters. The predicted octanol–water partition coefficient (Wildman–Crippen LogP) is 3.05. The van der Waals surface area contributed by atoms with Gasteiger partial charge in [0.1, 0.15) is 0 Å². The summed E-state index contributed by atoms with van der Waals surface area (Å²) in [5.74, 6) is 1.85. The minimum Gasteiger partial charge on any atom is -0.348 e. The van der Waals surface area contributed by atoms with E-state index in [-0.39, 0.29) is 0 Å². The number of nitrogens with one attached hydrogen (secondary N) is 1. The first kappa shape index (κ1) is 12.4. The average molecular weight is 265 g/mol. The fraction of sp³-hybridized carbons (Fsp3) is 0.786. The van der Waals surface area contributed by atoms with Crippen LogP contribution in [-0.4, -0.2) is 25.1 Å². The van der Waals surface area contributed by atoms with Crippen LogP contribution in [0.1, 0.15) is 44.3 Å². The van der Waals surface area contributed by atoms with Crippen molar-refractivity contribution >= 4 is 16.5 Å². The van der Waals surface area contributed by atoms with Crippen molar-refractivity contribution in [3.05, 3.63) is 11.1 Å². The Morgan fingerprint density at radius 2 is 2.11 bits per heavy atom. The van der Waals surface area contributed by atoms with E-state index in [1.807, 2.05) is 18.4 Å². The zero-order valence-corrected chi connectivity index (χ0v) is 12.2. The van der Waals surface area contributed by atoms with Crippen molar-refractivity contribution in [3.8, 4) is 0 Å². The summed E-state index contributed by atoms with van der Waals surface area (Å²) in [6.07, 6.45) is 5.76. The van der Waals surface area contributed by atoms with Crippen LogP contribution in [0.2, 0.25) is 0 Å². The quantitative estimate of drug-likeness (QED) is 0.910. The Morgan fingerprint density at radius 1 is 1.39 bits per heavy atom. The lowest BCUT2D eigenvalue weighted by molar-refractivity contribution is 0.231. The molecule has 1 aromatic rings. The van der Waals surface area contributed by atoms with Gasteiger partial charge in [0, 0.05) is 24.5 Å². The molecule has 0 radical (unpaired) electrons. The lowest BCUT2D eigenvalue weighted by atomic mass is 9.78. The van der Waals surface area contributed by atoms with Gasteiger partial charge >= 0.3 is 0 Å². The maximum Gasteiger partial charge on any atom is 0.185 e. The largest absolute Gasteiger partial charge is 0.348 e. The van der Waals surface area contributed by atoms with Crippen LogP contribution in [0.5, 0.6) is 0 Å². The first-order chi connectivity index (χ1) is 8.76. The van der Waals surface area contributed by atoms with Crippen LogP contribution in [0.4, 0.5) is 5.13 Å². The number of rotatable bonds is 3. The van der Waals surface area contributed by atoms with Crippen molar-refractivity contribution in [2.24, 2.45) is 11.8 Å². The zero-order chi connectivity index (χ0) is 12.5. The molecule has 1 saturated carbocycles. The molecule has 1 aliphatic heterocycles. The van der Waals surface area contributed by atoms with Gasteiger partial charge in [0.25, 0.3) is 0 Å². The van der Waals surface area contributed by atoms with E-state index < -0.39 is 0 Å². The van der Waals surface area contributed by atoms with Gasteiger partial charge in [-0.15, -0.1) is 11.3 Å². The summed E-state index contributed by atoms with van der Waals surface area (Å²) in [5, 5.41) is 6.71. The fourth-order valence-corrected chi connectivity index (χ4v) is 4.30. The summed E-state index contributed by atoms with van der Waals surface area (Å²) in [7, 11) is 2.00. The van der Waals surface area contributed by atoms with E-state index in [1.165, 1.54) is 49.6 Å². The summed E-state index contributed by atoms with van der Waals surface area (Å²) >= 11 is 1.81. The van der Waals surface area contributed by atoms with Crippen LogP contribution < -0.4 is 10.2 Å². The normalized spacial score (nSPS) is 29.3. The number of aromatic nitrogens is 1. The molecule has 2 bridgehead atoms. The summed E-state index contributed by atoms with van der Waals surface area (Å²) in [6.45, 7) is 4.64. The molecule has 0 amide bonds. The van der Waals surface area contributed by atoms with Gasteiger partial charge in [-0.3, -0.25) is 0 Å². The van der Waals surface area contributed by atoms with Crippen LogP contribution in [0, 0.1) is 11.8 Å². The van der Waals surface area contributed by atoms with E-state index in [9.17, 15) is 0 Å². The third-order valence-electron chi connectivity index (χ3n) is 4.51. The van der Waals surface area contributed by atoms with Gasteiger partial charge in [0.05, 0.1) is 5.69 Å². The second-order valence-electron chi connectivity index (χ2n) is 5.87. The highest BCUT2D eigenvalue weighted by Crippen LogP contribution is 2.37. The minimum absolute atomic E-state index is 0.360. The molecular weight excluding hydrogens is 242 g/mol. The van der Waals surface area contributed by atoms with Crippen LogP contribution in [0.15, 0.2) is 5.38 Å². The van der Waals surface area contributed by atoms with Gasteiger partial charge in [0.2, 0.25) is 0 Å². The Hall–Kier alpha value is -0.610. The molecule has 18 heavy (non-hydrogen) atoms. The maximum absolute atomic E-state index is 4.81. The monoisotopic (exact) mass is 265 g/mol. The molecule has 3 rings (SSSR count). The highest BCUT2D eigenvalue weighted by atomic mass is 32.1. The molecule has 1 aliphatic carbocycles. The molecule has 1 aromatic heterocycles. The van der Waals surface area contributed by atoms with Crippen LogP contribution in [0.3, 0.4) is 0 Å². The summed E-state index contributed by atoms with van der Waals surface area (Å²) < 4.78 is 0. The van der Waals surface area contributed by atoms with Crippen LogP contribution >= 0.6 is 11.3 Å². The van der Waals surface area contributed by atoms with E-state index in [4.69, 9.17) is 4.98 Å². The zero-order valence-electron chi connectivity index (χ0n) is 11.4. The number of thiazole rings is 1. The number of hydrogen-bond acceptors (Lipinski definition) is 4. The molecule has 2 aliphatic rings. The number of fused-ring (bicyclic) bond motifs is 2. The van der Waals surface area contributed by atoms with Gasteiger partial charge in [-0.1, -0.05) is 6.42 Å². The first-order valence-electron chi connectivity index (χ1n) is 7.14. The molecule has 2 heterocycles. The highest BCUT2D eigenvalue weighted by molar-refractivity contribution is 7.13. The molecule has 100 valence electrons. The summed E-state index contributed by atoms with van der Waals surface area (Å²) in [4.78, 5) is 7.35. The standard InChI is InChI=1S/C14H23N3S/c1-10(15-2)13-9-18-14(16-13)17-7-11-4-3-5-12(6-11)8-17/h9-12,15H,3-8H2,1-2H3. The van der Waals surface area contributed by atoms with Crippen LogP contribution in [-0.2, 0) is 0 Å². The topological polar surface area (TPSA) is 28.2 Å². The van der Waals surface area contributed by atoms with Crippen molar-refractivity contribution in [2.45, 2.75) is 38.6 Å². The Kier molecular flexibility index (Phi) is 3.57. The molecule has 4 heteroatoms. The van der Waals surface area contributed by atoms with E-state index in [0.29, 0.717) is 6.04 Å². The average Bonchev–Trinajstić information content (AvgIpc) is 2.87. The molecule has 0 aromatic carbocycles. The van der Waals surface area contributed by atoms with E-state index in [1.54, 1.807) is 0 Å².